The molecule has 0 bridgehead atoms. The molecule has 0 unspecified atom stereocenters. The van der Waals surface area contributed by atoms with E-state index >= 15 is 0 Å². The zero-order chi connectivity index (χ0) is 8.43. The summed E-state index contributed by atoms with van der Waals surface area (Å²) < 4.78 is 0. The Morgan fingerprint density at radius 2 is 2.27 bits per heavy atom. The third-order valence-corrected chi connectivity index (χ3v) is 1.32. The molecule has 5 heteroatoms. The van der Waals surface area contributed by atoms with Crippen molar-refractivity contribution in [2.24, 2.45) is 0 Å². The zero-order valence-electron chi connectivity index (χ0n) is 6.09. The SMILES string of the molecule is CC(=O)CN1C(=O)CNC1=O. The van der Waals surface area contributed by atoms with Gasteiger partial charge in [-0.15, -0.1) is 0 Å². The van der Waals surface area contributed by atoms with Gasteiger partial charge in [0.25, 0.3) is 0 Å². The summed E-state index contributed by atoms with van der Waals surface area (Å²) in [6.07, 6.45) is 0. The molecule has 1 aliphatic heterocycles. The van der Waals surface area contributed by atoms with Crippen molar-refractivity contribution in [1.29, 1.82) is 0 Å². The number of ketones is 1. The molecular formula is C6H8N2O3. The second-order valence-electron chi connectivity index (χ2n) is 2.34. The number of imide groups is 1. The average molecular weight is 156 g/mol. The maximum absolute atomic E-state index is 10.8. The van der Waals surface area contributed by atoms with Crippen molar-refractivity contribution < 1.29 is 14.4 Å². The molecule has 5 nitrogen and oxygen atoms in total. The van der Waals surface area contributed by atoms with Crippen LogP contribution in [0.3, 0.4) is 0 Å². The van der Waals surface area contributed by atoms with Gasteiger partial charge in [-0.2, -0.15) is 0 Å². The Morgan fingerprint density at radius 1 is 1.64 bits per heavy atom. The molecule has 60 valence electrons. The van der Waals surface area contributed by atoms with Gasteiger partial charge in [-0.25, -0.2) is 4.79 Å². The number of nitrogens with zero attached hydrogens (tertiary/aromatic N) is 1. The number of hydrogen-bond donors (Lipinski definition) is 1. The highest BCUT2D eigenvalue weighted by atomic mass is 16.2. The van der Waals surface area contributed by atoms with Crippen LogP contribution in [-0.2, 0) is 9.59 Å². The van der Waals surface area contributed by atoms with Crippen LogP contribution in [0, 0.1) is 0 Å². The molecule has 0 atom stereocenters. The van der Waals surface area contributed by atoms with Gasteiger partial charge in [0.2, 0.25) is 5.91 Å². The fourth-order valence-corrected chi connectivity index (χ4v) is 0.838. The van der Waals surface area contributed by atoms with Gasteiger partial charge in [-0.3, -0.25) is 14.5 Å². The van der Waals surface area contributed by atoms with Crippen LogP contribution in [0.15, 0.2) is 0 Å². The first-order valence-electron chi connectivity index (χ1n) is 3.19. The quantitative estimate of drug-likeness (QED) is 0.528. The number of amides is 3. The average Bonchev–Trinajstić information content (AvgIpc) is 2.18. The van der Waals surface area contributed by atoms with E-state index in [1.807, 2.05) is 0 Å². The van der Waals surface area contributed by atoms with E-state index < -0.39 is 6.03 Å². The van der Waals surface area contributed by atoms with Gasteiger partial charge in [0, 0.05) is 0 Å². The smallest absolute Gasteiger partial charge is 0.324 e. The Balaban J connectivity index is 2.62. The van der Waals surface area contributed by atoms with Crippen molar-refractivity contribution in [2.45, 2.75) is 6.92 Å². The van der Waals surface area contributed by atoms with E-state index in [0.717, 1.165) is 4.90 Å². The fraction of sp³-hybridized carbons (Fsp3) is 0.500. The number of carbonyl (C=O) groups is 3. The predicted molar refractivity (Wildman–Crippen MR) is 35.8 cm³/mol. The van der Waals surface area contributed by atoms with Gasteiger partial charge in [-0.05, 0) is 6.92 Å². The lowest BCUT2D eigenvalue weighted by atomic mass is 10.4. The molecule has 0 radical (unpaired) electrons. The Hall–Kier alpha value is -1.39. The van der Waals surface area contributed by atoms with Gasteiger partial charge < -0.3 is 5.32 Å². The van der Waals surface area contributed by atoms with Gasteiger partial charge in [0.1, 0.15) is 5.78 Å². The molecule has 1 rings (SSSR count). The highest BCUT2D eigenvalue weighted by molar-refractivity contribution is 6.04. The number of nitrogens with one attached hydrogen (secondary N) is 1. The van der Waals surface area contributed by atoms with E-state index in [0.29, 0.717) is 0 Å². The molecule has 0 aromatic carbocycles. The van der Waals surface area contributed by atoms with Crippen LogP contribution >= 0.6 is 0 Å². The number of Topliss-reactive ketones (excluding diaryl/α,β-unsaturated/α-hetero) is 1. The van der Waals surface area contributed by atoms with Crippen molar-refractivity contribution >= 4 is 17.7 Å². The van der Waals surface area contributed by atoms with Gasteiger partial charge in [0.15, 0.2) is 0 Å². The number of urea groups is 1. The summed E-state index contributed by atoms with van der Waals surface area (Å²) in [7, 11) is 0. The number of hydrogen-bond acceptors (Lipinski definition) is 3. The first-order valence-corrected chi connectivity index (χ1v) is 3.19. The molecule has 0 saturated carbocycles. The Kier molecular flexibility index (Phi) is 1.89. The van der Waals surface area contributed by atoms with Crippen LogP contribution in [0.2, 0.25) is 0 Å². The largest absolute Gasteiger partial charge is 0.329 e. The maximum atomic E-state index is 10.8. The third-order valence-electron chi connectivity index (χ3n) is 1.32. The van der Waals surface area contributed by atoms with Crippen molar-refractivity contribution in [1.82, 2.24) is 10.2 Å². The topological polar surface area (TPSA) is 66.5 Å². The highest BCUT2D eigenvalue weighted by Crippen LogP contribution is 1.97. The second kappa shape index (κ2) is 2.69. The van der Waals surface area contributed by atoms with Crippen molar-refractivity contribution in [2.75, 3.05) is 13.1 Å². The molecule has 1 heterocycles. The molecule has 1 N–H and O–H groups in total. The fourth-order valence-electron chi connectivity index (χ4n) is 0.838. The van der Waals surface area contributed by atoms with Gasteiger partial charge in [0.05, 0.1) is 13.1 Å². The standard InChI is InChI=1S/C6H8N2O3/c1-4(9)3-8-5(10)2-7-6(8)11/h2-3H2,1H3,(H,7,11). The summed E-state index contributed by atoms with van der Waals surface area (Å²) in [5.41, 5.74) is 0. The van der Waals surface area contributed by atoms with Crippen LogP contribution in [0.4, 0.5) is 4.79 Å². The van der Waals surface area contributed by atoms with Crippen molar-refractivity contribution in [3.05, 3.63) is 0 Å². The molecule has 1 fully saturated rings. The van der Waals surface area contributed by atoms with Crippen molar-refractivity contribution in [3.63, 3.8) is 0 Å². The molecule has 3 amide bonds. The normalized spacial score (nSPS) is 17.0. The lowest BCUT2D eigenvalue weighted by molar-refractivity contribution is -0.129. The van der Waals surface area contributed by atoms with E-state index in [2.05, 4.69) is 5.32 Å². The molecule has 0 aromatic heterocycles. The molecule has 1 aliphatic rings. The second-order valence-corrected chi connectivity index (χ2v) is 2.34. The van der Waals surface area contributed by atoms with E-state index in [-0.39, 0.29) is 24.8 Å². The minimum atomic E-state index is -0.481. The molecule has 0 spiro atoms. The lowest BCUT2D eigenvalue weighted by Gasteiger charge is -2.08. The third kappa shape index (κ3) is 1.54. The van der Waals surface area contributed by atoms with E-state index in [4.69, 9.17) is 0 Å². The lowest BCUT2D eigenvalue weighted by Crippen LogP contribution is -2.34. The maximum Gasteiger partial charge on any atom is 0.324 e. The minimum Gasteiger partial charge on any atom is -0.329 e. The van der Waals surface area contributed by atoms with Gasteiger partial charge >= 0.3 is 6.03 Å². The highest BCUT2D eigenvalue weighted by Gasteiger charge is 2.28. The first-order chi connectivity index (χ1) is 5.11. The number of rotatable bonds is 2. The zero-order valence-corrected chi connectivity index (χ0v) is 6.09. The van der Waals surface area contributed by atoms with E-state index in [1.165, 1.54) is 6.92 Å². The van der Waals surface area contributed by atoms with Crippen LogP contribution in [0.5, 0.6) is 0 Å². The van der Waals surface area contributed by atoms with E-state index in [9.17, 15) is 14.4 Å². The van der Waals surface area contributed by atoms with Crippen LogP contribution in [0.1, 0.15) is 6.92 Å². The monoisotopic (exact) mass is 156 g/mol. The summed E-state index contributed by atoms with van der Waals surface area (Å²) in [5.74, 6) is -0.541. The Morgan fingerprint density at radius 3 is 2.64 bits per heavy atom. The number of carbonyl (C=O) groups excluding carboxylic acids is 3. The van der Waals surface area contributed by atoms with E-state index in [1.54, 1.807) is 0 Å². The van der Waals surface area contributed by atoms with Gasteiger partial charge in [-0.1, -0.05) is 0 Å². The molecule has 1 saturated heterocycles. The summed E-state index contributed by atoms with van der Waals surface area (Å²) in [6.45, 7) is 1.22. The molecule has 0 aromatic rings. The minimum absolute atomic E-state index is 0.00606. The van der Waals surface area contributed by atoms with Crippen molar-refractivity contribution in [3.8, 4) is 0 Å². The Labute approximate surface area is 63.4 Å². The summed E-state index contributed by atoms with van der Waals surface area (Å²) in [6, 6.07) is -0.481. The first kappa shape index (κ1) is 7.71. The summed E-state index contributed by atoms with van der Waals surface area (Å²) >= 11 is 0. The summed E-state index contributed by atoms with van der Waals surface area (Å²) in [4.78, 5) is 33.0. The predicted octanol–water partition coefficient (Wildman–Crippen LogP) is -0.873. The Bertz CT molecular complexity index is 208. The van der Waals surface area contributed by atoms with Crippen LogP contribution in [-0.4, -0.2) is 35.7 Å². The summed E-state index contributed by atoms with van der Waals surface area (Å²) in [5, 5.41) is 2.31. The molecular weight excluding hydrogens is 148 g/mol. The van der Waals surface area contributed by atoms with Crippen LogP contribution < -0.4 is 5.32 Å². The molecule has 0 aliphatic carbocycles. The van der Waals surface area contributed by atoms with Crippen LogP contribution in [0.25, 0.3) is 0 Å². The molecule has 11 heavy (non-hydrogen) atoms.